The molecule has 0 aromatic heterocycles. The van der Waals surface area contributed by atoms with Crippen LogP contribution in [0, 0.1) is 0 Å². The molecule has 1 atom stereocenters. The zero-order valence-corrected chi connectivity index (χ0v) is 16.7. The monoisotopic (exact) mass is 396 g/mol. The second kappa shape index (κ2) is 7.22. The van der Waals surface area contributed by atoms with Crippen molar-refractivity contribution in [1.82, 2.24) is 20.4 Å². The molecule has 0 aliphatic carbocycles. The smallest absolute Gasteiger partial charge is 0.255 e. The quantitative estimate of drug-likeness (QED) is 0.750. The number of hydrogen-bond donors (Lipinski definition) is 2. The van der Waals surface area contributed by atoms with Gasteiger partial charge in [0.25, 0.3) is 5.91 Å². The van der Waals surface area contributed by atoms with Crippen molar-refractivity contribution in [2.45, 2.75) is 63.2 Å². The Morgan fingerprint density at radius 2 is 1.93 bits per heavy atom. The predicted molar refractivity (Wildman–Crippen MR) is 107 cm³/mol. The number of carbonyl (C=O) groups excluding carboxylic acids is 3. The van der Waals surface area contributed by atoms with E-state index >= 15 is 0 Å². The topological polar surface area (TPSA) is 81.8 Å². The van der Waals surface area contributed by atoms with E-state index in [1.54, 1.807) is 4.90 Å². The van der Waals surface area contributed by atoms with Crippen LogP contribution in [0.3, 0.4) is 0 Å². The molecule has 4 aliphatic heterocycles. The lowest BCUT2D eigenvalue weighted by atomic mass is 9.86. The minimum atomic E-state index is -0.552. The summed E-state index contributed by atoms with van der Waals surface area (Å²) in [6.45, 7) is 4.44. The van der Waals surface area contributed by atoms with Crippen molar-refractivity contribution in [3.63, 3.8) is 0 Å². The van der Waals surface area contributed by atoms with E-state index in [2.05, 4.69) is 15.5 Å². The molecule has 1 aromatic rings. The van der Waals surface area contributed by atoms with E-state index in [0.29, 0.717) is 18.5 Å². The van der Waals surface area contributed by atoms with Crippen LogP contribution in [0.5, 0.6) is 0 Å². The molecule has 1 spiro atoms. The summed E-state index contributed by atoms with van der Waals surface area (Å²) >= 11 is 0. The number of fused-ring (bicyclic) bond motifs is 1. The number of nitrogens with one attached hydrogen (secondary N) is 2. The van der Waals surface area contributed by atoms with Gasteiger partial charge in [-0.3, -0.25) is 24.6 Å². The Morgan fingerprint density at radius 1 is 1.10 bits per heavy atom. The Hall–Kier alpha value is -2.25. The van der Waals surface area contributed by atoms with Gasteiger partial charge >= 0.3 is 0 Å². The maximum absolute atomic E-state index is 13.2. The first-order chi connectivity index (χ1) is 14.0. The van der Waals surface area contributed by atoms with Gasteiger partial charge in [0, 0.05) is 43.7 Å². The number of piperidine rings is 2. The van der Waals surface area contributed by atoms with Crippen molar-refractivity contribution in [3.05, 3.63) is 34.9 Å². The Labute approximate surface area is 170 Å². The van der Waals surface area contributed by atoms with E-state index < -0.39 is 6.04 Å². The maximum Gasteiger partial charge on any atom is 0.255 e. The molecular weight excluding hydrogens is 368 g/mol. The Balaban J connectivity index is 1.30. The van der Waals surface area contributed by atoms with E-state index in [9.17, 15) is 14.4 Å². The van der Waals surface area contributed by atoms with Crippen molar-refractivity contribution in [1.29, 1.82) is 0 Å². The fourth-order valence-electron chi connectivity index (χ4n) is 5.50. The van der Waals surface area contributed by atoms with Gasteiger partial charge in [0.1, 0.15) is 6.04 Å². The lowest BCUT2D eigenvalue weighted by Gasteiger charge is -2.39. The van der Waals surface area contributed by atoms with Crippen LogP contribution in [-0.2, 0) is 22.7 Å². The molecular formula is C22H28N4O3. The standard InChI is InChI=1S/C22H28N4O3/c27-18-6-5-17(20(28)24-18)26-14-16-4-1-3-15(19(16)21(26)29)13-25-11-8-22(9-12-25)7-2-10-23-22/h1,3-4,17,23H,2,5-14H2,(H,24,27,28). The fourth-order valence-corrected chi connectivity index (χ4v) is 5.50. The number of benzene rings is 1. The molecule has 0 radical (unpaired) electrons. The summed E-state index contributed by atoms with van der Waals surface area (Å²) in [7, 11) is 0. The maximum atomic E-state index is 13.2. The number of imide groups is 1. The van der Waals surface area contributed by atoms with Gasteiger partial charge in [-0.15, -0.1) is 0 Å². The summed E-state index contributed by atoms with van der Waals surface area (Å²) in [5.74, 6) is -0.680. The SMILES string of the molecule is O=C1CCC(N2Cc3cccc(CN4CCC5(CCCN5)CC4)c3C2=O)C(=O)N1. The molecule has 1 aromatic carbocycles. The number of amides is 3. The first-order valence-corrected chi connectivity index (χ1v) is 10.8. The molecule has 3 fully saturated rings. The average molecular weight is 396 g/mol. The Morgan fingerprint density at radius 3 is 2.66 bits per heavy atom. The highest BCUT2D eigenvalue weighted by Crippen LogP contribution is 2.33. The van der Waals surface area contributed by atoms with Gasteiger partial charge in [-0.1, -0.05) is 18.2 Å². The van der Waals surface area contributed by atoms with Gasteiger partial charge < -0.3 is 10.2 Å². The van der Waals surface area contributed by atoms with Gasteiger partial charge in [0.05, 0.1) is 0 Å². The first-order valence-electron chi connectivity index (χ1n) is 10.8. The van der Waals surface area contributed by atoms with Crippen LogP contribution in [0.25, 0.3) is 0 Å². The third-order valence-electron chi connectivity index (χ3n) is 7.18. The van der Waals surface area contributed by atoms with Crippen LogP contribution in [0.4, 0.5) is 0 Å². The molecule has 4 aliphatic rings. The third-order valence-corrected chi connectivity index (χ3v) is 7.18. The second-order valence-corrected chi connectivity index (χ2v) is 8.94. The van der Waals surface area contributed by atoms with E-state index in [1.807, 2.05) is 18.2 Å². The van der Waals surface area contributed by atoms with Crippen molar-refractivity contribution < 1.29 is 14.4 Å². The number of nitrogens with zero attached hydrogens (tertiary/aromatic N) is 2. The zero-order valence-electron chi connectivity index (χ0n) is 16.7. The van der Waals surface area contributed by atoms with Crippen LogP contribution in [-0.4, -0.2) is 58.7 Å². The van der Waals surface area contributed by atoms with Crippen LogP contribution >= 0.6 is 0 Å². The van der Waals surface area contributed by atoms with Crippen LogP contribution in [0.2, 0.25) is 0 Å². The molecule has 3 saturated heterocycles. The molecule has 2 N–H and O–H groups in total. The lowest BCUT2D eigenvalue weighted by molar-refractivity contribution is -0.136. The molecule has 4 heterocycles. The highest BCUT2D eigenvalue weighted by atomic mass is 16.2. The fraction of sp³-hybridized carbons (Fsp3) is 0.591. The molecule has 7 heteroatoms. The molecule has 5 rings (SSSR count). The molecule has 0 bridgehead atoms. The van der Waals surface area contributed by atoms with E-state index in [-0.39, 0.29) is 24.1 Å². The Bertz CT molecular complexity index is 852. The first kappa shape index (κ1) is 18.8. The minimum absolute atomic E-state index is 0.0731. The van der Waals surface area contributed by atoms with Crippen LogP contribution in [0.1, 0.15) is 60.0 Å². The summed E-state index contributed by atoms with van der Waals surface area (Å²) < 4.78 is 0. The Kier molecular flexibility index (Phi) is 4.67. The summed E-state index contributed by atoms with van der Waals surface area (Å²) in [5, 5.41) is 6.08. The molecule has 1 unspecified atom stereocenters. The third kappa shape index (κ3) is 3.36. The lowest BCUT2D eigenvalue weighted by Crippen LogP contribution is -2.52. The summed E-state index contributed by atoms with van der Waals surface area (Å²) in [4.78, 5) is 41.0. The van der Waals surface area contributed by atoms with E-state index in [0.717, 1.165) is 42.9 Å². The molecule has 3 amide bonds. The largest absolute Gasteiger partial charge is 0.322 e. The zero-order chi connectivity index (χ0) is 20.0. The number of hydrogen-bond acceptors (Lipinski definition) is 5. The number of rotatable bonds is 3. The molecule has 154 valence electrons. The average Bonchev–Trinajstić information content (AvgIpc) is 3.30. The summed E-state index contributed by atoms with van der Waals surface area (Å²) in [6, 6.07) is 5.49. The molecule has 0 saturated carbocycles. The number of likely N-dealkylation sites (tertiary alicyclic amines) is 1. The number of carbonyl (C=O) groups is 3. The van der Waals surface area contributed by atoms with Gasteiger partial charge in [0.15, 0.2) is 0 Å². The van der Waals surface area contributed by atoms with Crippen molar-refractivity contribution >= 4 is 17.7 Å². The molecule has 29 heavy (non-hydrogen) atoms. The van der Waals surface area contributed by atoms with Crippen molar-refractivity contribution in [2.24, 2.45) is 0 Å². The minimum Gasteiger partial charge on any atom is -0.322 e. The van der Waals surface area contributed by atoms with Gasteiger partial charge in [-0.25, -0.2) is 0 Å². The van der Waals surface area contributed by atoms with Crippen LogP contribution < -0.4 is 10.6 Å². The molecule has 7 nitrogen and oxygen atoms in total. The second-order valence-electron chi connectivity index (χ2n) is 8.94. The summed E-state index contributed by atoms with van der Waals surface area (Å²) in [6.07, 6.45) is 5.57. The highest BCUT2D eigenvalue weighted by molar-refractivity contribution is 6.05. The van der Waals surface area contributed by atoms with Crippen LogP contribution in [0.15, 0.2) is 18.2 Å². The predicted octanol–water partition coefficient (Wildman–Crippen LogP) is 1.17. The summed E-state index contributed by atoms with van der Waals surface area (Å²) in [5.41, 5.74) is 3.14. The van der Waals surface area contributed by atoms with Gasteiger partial charge in [-0.2, -0.15) is 0 Å². The normalized spacial score (nSPS) is 26.8. The van der Waals surface area contributed by atoms with E-state index in [1.165, 1.54) is 25.7 Å². The van der Waals surface area contributed by atoms with Crippen molar-refractivity contribution in [2.75, 3.05) is 19.6 Å². The highest BCUT2D eigenvalue weighted by Gasteiger charge is 2.41. The van der Waals surface area contributed by atoms with E-state index in [4.69, 9.17) is 0 Å². The van der Waals surface area contributed by atoms with Gasteiger partial charge in [-0.05, 0) is 49.8 Å². The van der Waals surface area contributed by atoms with Crippen molar-refractivity contribution in [3.8, 4) is 0 Å². The van der Waals surface area contributed by atoms with Gasteiger partial charge in [0.2, 0.25) is 11.8 Å².